The molecule has 0 fully saturated rings. The summed E-state index contributed by atoms with van der Waals surface area (Å²) in [5.41, 5.74) is 0. The molecule has 74 valence electrons. The topological polar surface area (TPSA) is 78.9 Å². The molecule has 0 amide bonds. The molecule has 14 heavy (non-hydrogen) atoms. The molecule has 0 aliphatic carbocycles. The molecule has 0 aliphatic rings. The van der Waals surface area contributed by atoms with Crippen LogP contribution in [0.2, 0.25) is 0 Å². The summed E-state index contributed by atoms with van der Waals surface area (Å²) in [7, 11) is -1.59. The number of hydrogen-bond acceptors (Lipinski definition) is 6. The molecule has 0 aromatic heterocycles. The molecule has 0 N–H and O–H groups in total. The number of rotatable bonds is 3. The van der Waals surface area contributed by atoms with E-state index in [2.05, 4.69) is 14.0 Å². The van der Waals surface area contributed by atoms with Gasteiger partial charge in [-0.1, -0.05) is 0 Å². The van der Waals surface area contributed by atoms with Crippen molar-refractivity contribution in [3.8, 4) is 0 Å². The van der Waals surface area contributed by atoms with Crippen LogP contribution in [0.25, 0.3) is 0 Å². The van der Waals surface area contributed by atoms with Crippen LogP contribution in [-0.2, 0) is 28.3 Å². The SMILES string of the molecule is CC(=O)OB(OC(C)=O)OC(C)=O.[KH]. The summed E-state index contributed by atoms with van der Waals surface area (Å²) in [5, 5.41) is 0. The van der Waals surface area contributed by atoms with Crippen molar-refractivity contribution in [1.29, 1.82) is 0 Å². The zero-order chi connectivity index (χ0) is 10.4. The Kier molecular flexibility index (Phi) is 9.95. The van der Waals surface area contributed by atoms with E-state index in [1.54, 1.807) is 0 Å². The number of hydrogen-bond donors (Lipinski definition) is 0. The second-order valence-electron chi connectivity index (χ2n) is 2.12. The van der Waals surface area contributed by atoms with E-state index in [-0.39, 0.29) is 51.4 Å². The molecule has 0 radical (unpaired) electrons. The van der Waals surface area contributed by atoms with E-state index in [1.807, 2.05) is 0 Å². The Labute approximate surface area is 124 Å². The third-order valence-corrected chi connectivity index (χ3v) is 0.787. The standard InChI is InChI=1S/C6H9BO6.K.H/c1-4(8)11-7(12-5(2)9)13-6(3)10;;/h1-3H3;;. The molecule has 0 aromatic rings. The fourth-order valence-corrected chi connectivity index (χ4v) is 0.479. The molecule has 0 heterocycles. The van der Waals surface area contributed by atoms with Gasteiger partial charge < -0.3 is 14.0 Å². The summed E-state index contributed by atoms with van der Waals surface area (Å²) in [5.74, 6) is -2.15. The molecule has 0 rings (SSSR count). The van der Waals surface area contributed by atoms with Crippen molar-refractivity contribution in [2.45, 2.75) is 20.8 Å². The predicted octanol–water partition coefficient (Wildman–Crippen LogP) is -0.988. The summed E-state index contributed by atoms with van der Waals surface area (Å²) >= 11 is 0. The summed E-state index contributed by atoms with van der Waals surface area (Å²) < 4.78 is 13.0. The average molecular weight is 228 g/mol. The molecule has 0 saturated carbocycles. The minimum absolute atomic E-state index is 0. The van der Waals surface area contributed by atoms with Crippen LogP contribution in [0.1, 0.15) is 20.8 Å². The van der Waals surface area contributed by atoms with Crippen molar-refractivity contribution >= 4 is 76.6 Å². The molecular formula is C6H10BKO6. The average Bonchev–Trinajstić information content (AvgIpc) is 1.80. The zero-order valence-electron chi connectivity index (χ0n) is 7.53. The second kappa shape index (κ2) is 8.42. The predicted molar refractivity (Wildman–Crippen MR) is 48.2 cm³/mol. The Morgan fingerprint density at radius 3 is 1.14 bits per heavy atom. The molecule has 0 saturated heterocycles. The van der Waals surface area contributed by atoms with Crippen molar-refractivity contribution in [2.75, 3.05) is 0 Å². The summed E-state index contributed by atoms with van der Waals surface area (Å²) in [6, 6.07) is 0. The van der Waals surface area contributed by atoms with E-state index >= 15 is 0 Å². The van der Waals surface area contributed by atoms with Crippen molar-refractivity contribution < 1.29 is 28.3 Å². The zero-order valence-corrected chi connectivity index (χ0v) is 7.53. The van der Waals surface area contributed by atoms with Crippen LogP contribution in [0.3, 0.4) is 0 Å². The number of carbonyl (C=O) groups excluding carboxylic acids is 3. The van der Waals surface area contributed by atoms with E-state index in [4.69, 9.17) is 0 Å². The van der Waals surface area contributed by atoms with Gasteiger partial charge in [0, 0.05) is 20.8 Å². The van der Waals surface area contributed by atoms with Crippen LogP contribution in [0.5, 0.6) is 0 Å². The van der Waals surface area contributed by atoms with Crippen molar-refractivity contribution in [2.24, 2.45) is 0 Å². The molecular weight excluding hydrogens is 218 g/mol. The first-order valence-electron chi connectivity index (χ1n) is 3.43. The molecule has 8 heteroatoms. The minimum atomic E-state index is -1.59. The fraction of sp³-hybridized carbons (Fsp3) is 0.500. The van der Waals surface area contributed by atoms with E-state index in [9.17, 15) is 14.4 Å². The molecule has 0 aromatic carbocycles. The Morgan fingerprint density at radius 1 is 0.786 bits per heavy atom. The van der Waals surface area contributed by atoms with Gasteiger partial charge in [-0.3, -0.25) is 14.4 Å². The third kappa shape index (κ3) is 10.2. The fourth-order valence-electron chi connectivity index (χ4n) is 0.479. The van der Waals surface area contributed by atoms with E-state index < -0.39 is 25.2 Å². The molecule has 0 bridgehead atoms. The quantitative estimate of drug-likeness (QED) is 0.577. The Bertz CT molecular complexity index is 192. The Balaban J connectivity index is 0. The van der Waals surface area contributed by atoms with Gasteiger partial charge in [0.2, 0.25) is 0 Å². The maximum absolute atomic E-state index is 10.4. The molecule has 0 atom stereocenters. The van der Waals surface area contributed by atoms with Gasteiger partial charge in [-0.25, -0.2) is 0 Å². The molecule has 0 aliphatic heterocycles. The van der Waals surface area contributed by atoms with Gasteiger partial charge in [0.15, 0.2) is 0 Å². The van der Waals surface area contributed by atoms with Crippen LogP contribution in [0.15, 0.2) is 0 Å². The number of carbonyl (C=O) groups is 3. The van der Waals surface area contributed by atoms with E-state index in [0.29, 0.717) is 0 Å². The monoisotopic (exact) mass is 228 g/mol. The van der Waals surface area contributed by atoms with Crippen molar-refractivity contribution in [3.63, 3.8) is 0 Å². The van der Waals surface area contributed by atoms with Gasteiger partial charge in [0.1, 0.15) is 0 Å². The summed E-state index contributed by atoms with van der Waals surface area (Å²) in [6.45, 7) is 3.29. The van der Waals surface area contributed by atoms with Crippen LogP contribution in [0, 0.1) is 0 Å². The van der Waals surface area contributed by atoms with E-state index in [1.165, 1.54) is 0 Å². The third-order valence-electron chi connectivity index (χ3n) is 0.787. The van der Waals surface area contributed by atoms with Gasteiger partial charge in [0.05, 0.1) is 0 Å². The van der Waals surface area contributed by atoms with Gasteiger partial charge >= 0.3 is 58.7 Å². The normalized spacial score (nSPS) is 7.93. The van der Waals surface area contributed by atoms with Crippen LogP contribution >= 0.6 is 0 Å². The Hall–Kier alpha value is 0.111. The van der Waals surface area contributed by atoms with Crippen molar-refractivity contribution in [3.05, 3.63) is 0 Å². The van der Waals surface area contributed by atoms with E-state index in [0.717, 1.165) is 20.8 Å². The maximum atomic E-state index is 10.4. The van der Waals surface area contributed by atoms with Crippen molar-refractivity contribution in [1.82, 2.24) is 0 Å². The van der Waals surface area contributed by atoms with Gasteiger partial charge in [0.25, 0.3) is 17.9 Å². The first-order chi connectivity index (χ1) is 5.91. The van der Waals surface area contributed by atoms with Crippen LogP contribution in [-0.4, -0.2) is 76.6 Å². The van der Waals surface area contributed by atoms with Crippen LogP contribution in [0.4, 0.5) is 0 Å². The van der Waals surface area contributed by atoms with Crippen LogP contribution < -0.4 is 0 Å². The second-order valence-corrected chi connectivity index (χ2v) is 2.12. The van der Waals surface area contributed by atoms with Gasteiger partial charge in [-0.2, -0.15) is 0 Å². The van der Waals surface area contributed by atoms with Gasteiger partial charge in [-0.15, -0.1) is 0 Å². The molecule has 6 nitrogen and oxygen atoms in total. The summed E-state index contributed by atoms with van der Waals surface area (Å²) in [4.78, 5) is 31.2. The molecule has 0 unspecified atom stereocenters. The first-order valence-corrected chi connectivity index (χ1v) is 3.43. The van der Waals surface area contributed by atoms with Gasteiger partial charge in [-0.05, 0) is 0 Å². The Morgan fingerprint density at radius 2 is 1.00 bits per heavy atom. The summed E-state index contributed by atoms with van der Waals surface area (Å²) in [6.07, 6.45) is 0. The first kappa shape index (κ1) is 16.5. The molecule has 0 spiro atoms.